The molecule has 2 amide bonds. The molecule has 4 aromatic rings. The summed E-state index contributed by atoms with van der Waals surface area (Å²) in [6, 6.07) is 23.0. The number of anilines is 6. The number of carbonyl (C=O) groups is 1. The highest BCUT2D eigenvalue weighted by Crippen LogP contribution is 2.22. The van der Waals surface area contributed by atoms with Crippen molar-refractivity contribution in [2.75, 3.05) is 21.3 Å². The number of hydrogen-bond acceptors (Lipinski definition) is 5. The third-order valence-corrected chi connectivity index (χ3v) is 5.21. The molecular weight excluding hydrogens is 424 g/mol. The molecule has 0 unspecified atom stereocenters. The van der Waals surface area contributed by atoms with Crippen molar-refractivity contribution in [3.8, 4) is 0 Å². The number of rotatable bonds is 6. The minimum atomic E-state index is -0.286. The van der Waals surface area contributed by atoms with Gasteiger partial charge in [-0.25, -0.2) is 9.78 Å². The molecule has 4 rings (SSSR count). The van der Waals surface area contributed by atoms with E-state index >= 15 is 0 Å². The van der Waals surface area contributed by atoms with E-state index in [0.29, 0.717) is 17.5 Å². The van der Waals surface area contributed by atoms with Gasteiger partial charge in [-0.05, 0) is 75.7 Å². The summed E-state index contributed by atoms with van der Waals surface area (Å²) in [6.07, 6.45) is 0. The number of nitrogens with zero attached hydrogens (tertiary/aromatic N) is 2. The summed E-state index contributed by atoms with van der Waals surface area (Å²) in [7, 11) is 0. The Morgan fingerprint density at radius 2 is 1.26 bits per heavy atom. The molecule has 3 aromatic carbocycles. The van der Waals surface area contributed by atoms with Gasteiger partial charge in [0.1, 0.15) is 5.82 Å². The van der Waals surface area contributed by atoms with Crippen LogP contribution in [0, 0.1) is 27.7 Å². The molecule has 172 valence electrons. The van der Waals surface area contributed by atoms with Crippen LogP contribution in [0.15, 0.2) is 72.8 Å². The fourth-order valence-electron chi connectivity index (χ4n) is 3.48. The fraction of sp³-hybridized carbons (Fsp3) is 0.148. The van der Waals surface area contributed by atoms with Gasteiger partial charge in [0.05, 0.1) is 0 Å². The third kappa shape index (κ3) is 6.10. The molecule has 4 N–H and O–H groups in total. The largest absolute Gasteiger partial charge is 0.340 e. The van der Waals surface area contributed by atoms with E-state index in [1.165, 1.54) is 5.56 Å². The van der Waals surface area contributed by atoms with Gasteiger partial charge >= 0.3 is 6.03 Å². The standard InChI is InChI=1S/C27H28N6O/c1-17-5-8-22(9-6-17)30-26-28-20(4)16-25(33-26)29-21-10-12-23(13-11-21)31-27(34)32-24-14-7-18(2)15-19(24)3/h5-16H,1-4H3,(H2,31,32,34)(H2,28,29,30,33). The Balaban J connectivity index is 1.38. The number of urea groups is 1. The van der Waals surface area contributed by atoms with Gasteiger partial charge in [0.15, 0.2) is 0 Å². The maximum absolute atomic E-state index is 12.4. The molecule has 0 spiro atoms. The molecular formula is C27H28N6O. The van der Waals surface area contributed by atoms with Gasteiger partial charge in [0.25, 0.3) is 0 Å². The Hall–Kier alpha value is -4.39. The maximum Gasteiger partial charge on any atom is 0.323 e. The van der Waals surface area contributed by atoms with E-state index in [4.69, 9.17) is 0 Å². The van der Waals surface area contributed by atoms with Crippen LogP contribution in [-0.4, -0.2) is 16.0 Å². The smallest absolute Gasteiger partial charge is 0.323 e. The van der Waals surface area contributed by atoms with Crippen LogP contribution in [0.5, 0.6) is 0 Å². The lowest BCUT2D eigenvalue weighted by Gasteiger charge is -2.12. The quantitative estimate of drug-likeness (QED) is 0.257. The number of aryl methyl sites for hydroxylation is 4. The van der Waals surface area contributed by atoms with E-state index in [9.17, 15) is 4.79 Å². The maximum atomic E-state index is 12.4. The highest BCUT2D eigenvalue weighted by atomic mass is 16.2. The summed E-state index contributed by atoms with van der Waals surface area (Å²) in [5, 5.41) is 12.3. The monoisotopic (exact) mass is 452 g/mol. The highest BCUT2D eigenvalue weighted by Gasteiger charge is 2.07. The molecule has 0 radical (unpaired) electrons. The number of hydrogen-bond donors (Lipinski definition) is 4. The average molecular weight is 453 g/mol. The number of aromatic nitrogens is 2. The fourth-order valence-corrected chi connectivity index (χ4v) is 3.48. The zero-order chi connectivity index (χ0) is 24.1. The predicted molar refractivity (Wildman–Crippen MR) is 140 cm³/mol. The number of nitrogens with one attached hydrogen (secondary N) is 4. The number of carbonyl (C=O) groups excluding carboxylic acids is 1. The summed E-state index contributed by atoms with van der Waals surface area (Å²) in [5.74, 6) is 1.20. The zero-order valence-corrected chi connectivity index (χ0v) is 19.7. The van der Waals surface area contributed by atoms with Crippen molar-refractivity contribution in [1.82, 2.24) is 9.97 Å². The van der Waals surface area contributed by atoms with Crippen molar-refractivity contribution < 1.29 is 4.79 Å². The molecule has 1 aromatic heterocycles. The van der Waals surface area contributed by atoms with Crippen LogP contribution in [0.3, 0.4) is 0 Å². The van der Waals surface area contributed by atoms with Crippen molar-refractivity contribution >= 4 is 40.5 Å². The minimum absolute atomic E-state index is 0.286. The molecule has 0 fully saturated rings. The normalized spacial score (nSPS) is 10.5. The summed E-state index contributed by atoms with van der Waals surface area (Å²) in [6.45, 7) is 7.97. The molecule has 7 nitrogen and oxygen atoms in total. The Bertz CT molecular complexity index is 1300. The SMILES string of the molecule is Cc1ccc(Nc2nc(C)cc(Nc3ccc(NC(=O)Nc4ccc(C)cc4C)cc3)n2)cc1. The van der Waals surface area contributed by atoms with Gasteiger partial charge in [-0.2, -0.15) is 4.98 Å². The first-order valence-electron chi connectivity index (χ1n) is 11.1. The number of amides is 2. The van der Waals surface area contributed by atoms with Crippen molar-refractivity contribution in [1.29, 1.82) is 0 Å². The Morgan fingerprint density at radius 3 is 1.97 bits per heavy atom. The molecule has 0 aliphatic rings. The lowest BCUT2D eigenvalue weighted by Crippen LogP contribution is -2.19. The molecule has 0 atom stereocenters. The first kappa shape index (κ1) is 22.8. The highest BCUT2D eigenvalue weighted by molar-refractivity contribution is 6.00. The lowest BCUT2D eigenvalue weighted by molar-refractivity contribution is 0.262. The molecule has 0 aliphatic carbocycles. The van der Waals surface area contributed by atoms with Gasteiger partial charge in [0, 0.05) is 34.5 Å². The zero-order valence-electron chi connectivity index (χ0n) is 19.7. The summed E-state index contributed by atoms with van der Waals surface area (Å²) >= 11 is 0. The molecule has 1 heterocycles. The third-order valence-electron chi connectivity index (χ3n) is 5.21. The summed E-state index contributed by atoms with van der Waals surface area (Å²) in [5.41, 5.74) is 7.46. The van der Waals surface area contributed by atoms with Gasteiger partial charge < -0.3 is 21.3 Å². The Labute approximate surface area is 199 Å². The van der Waals surface area contributed by atoms with E-state index < -0.39 is 0 Å². The second-order valence-electron chi connectivity index (χ2n) is 8.31. The van der Waals surface area contributed by atoms with Crippen molar-refractivity contribution in [2.24, 2.45) is 0 Å². The van der Waals surface area contributed by atoms with Gasteiger partial charge in [-0.3, -0.25) is 0 Å². The molecule has 7 heteroatoms. The van der Waals surface area contributed by atoms with Crippen molar-refractivity contribution in [3.05, 3.63) is 95.2 Å². The molecule has 0 aliphatic heterocycles. The van der Waals surface area contributed by atoms with Crippen LogP contribution in [0.4, 0.5) is 39.3 Å². The van der Waals surface area contributed by atoms with Gasteiger partial charge in [-0.1, -0.05) is 35.4 Å². The van der Waals surface area contributed by atoms with Crippen molar-refractivity contribution in [3.63, 3.8) is 0 Å². The minimum Gasteiger partial charge on any atom is -0.340 e. The van der Waals surface area contributed by atoms with E-state index in [1.807, 2.05) is 100 Å². The Kier molecular flexibility index (Phi) is 6.73. The summed E-state index contributed by atoms with van der Waals surface area (Å²) < 4.78 is 0. The van der Waals surface area contributed by atoms with Gasteiger partial charge in [0.2, 0.25) is 5.95 Å². The molecule has 0 saturated carbocycles. The first-order chi connectivity index (χ1) is 16.3. The molecule has 0 saturated heterocycles. The van der Waals surface area contributed by atoms with E-state index in [-0.39, 0.29) is 6.03 Å². The average Bonchev–Trinajstić information content (AvgIpc) is 2.78. The van der Waals surface area contributed by atoms with Crippen LogP contribution >= 0.6 is 0 Å². The molecule has 34 heavy (non-hydrogen) atoms. The second kappa shape index (κ2) is 10.0. The van der Waals surface area contributed by atoms with Gasteiger partial charge in [-0.15, -0.1) is 0 Å². The van der Waals surface area contributed by atoms with Crippen LogP contribution in [0.25, 0.3) is 0 Å². The van der Waals surface area contributed by atoms with E-state index in [0.717, 1.165) is 33.9 Å². The number of benzene rings is 3. The van der Waals surface area contributed by atoms with E-state index in [1.54, 1.807) is 0 Å². The van der Waals surface area contributed by atoms with Crippen LogP contribution in [0.1, 0.15) is 22.4 Å². The van der Waals surface area contributed by atoms with Crippen LogP contribution in [-0.2, 0) is 0 Å². The topological polar surface area (TPSA) is 91.0 Å². The van der Waals surface area contributed by atoms with Crippen LogP contribution < -0.4 is 21.3 Å². The lowest BCUT2D eigenvalue weighted by atomic mass is 10.1. The molecule has 0 bridgehead atoms. The predicted octanol–water partition coefficient (Wildman–Crippen LogP) is 6.84. The summed E-state index contributed by atoms with van der Waals surface area (Å²) in [4.78, 5) is 21.4. The Morgan fingerprint density at radius 1 is 0.647 bits per heavy atom. The second-order valence-corrected chi connectivity index (χ2v) is 8.31. The van der Waals surface area contributed by atoms with Crippen molar-refractivity contribution in [2.45, 2.75) is 27.7 Å². The first-order valence-corrected chi connectivity index (χ1v) is 11.1. The van der Waals surface area contributed by atoms with E-state index in [2.05, 4.69) is 31.2 Å². The van der Waals surface area contributed by atoms with Crippen LogP contribution in [0.2, 0.25) is 0 Å².